The van der Waals surface area contributed by atoms with Crippen molar-refractivity contribution in [3.8, 4) is 0 Å². The third-order valence-electron chi connectivity index (χ3n) is 2.84. The molecular formula is C15H14FO3P. The molecule has 5 heteroatoms. The van der Waals surface area contributed by atoms with E-state index in [0.717, 1.165) is 10.8 Å². The topological polar surface area (TPSA) is 46.5 Å². The summed E-state index contributed by atoms with van der Waals surface area (Å²) >= 11 is 0. The summed E-state index contributed by atoms with van der Waals surface area (Å²) in [6.45, 7) is 3.62. The van der Waals surface area contributed by atoms with Crippen LogP contribution < -0.4 is 0 Å². The molecule has 0 heterocycles. The molecule has 0 amide bonds. The van der Waals surface area contributed by atoms with Crippen LogP contribution >= 0.6 is 8.81 Å². The van der Waals surface area contributed by atoms with Crippen molar-refractivity contribution < 1.29 is 18.8 Å². The van der Waals surface area contributed by atoms with E-state index in [4.69, 9.17) is 9.63 Å². The maximum absolute atomic E-state index is 13.5. The predicted molar refractivity (Wildman–Crippen MR) is 78.8 cm³/mol. The average Bonchev–Trinajstić information content (AvgIpc) is 2.50. The molecule has 0 aromatic heterocycles. The first kappa shape index (κ1) is 14.6. The highest BCUT2D eigenvalue weighted by Crippen LogP contribution is 2.34. The van der Waals surface area contributed by atoms with Crippen LogP contribution in [0.25, 0.3) is 10.8 Å². The summed E-state index contributed by atoms with van der Waals surface area (Å²) in [7, 11) is -0.797. The summed E-state index contributed by atoms with van der Waals surface area (Å²) in [6.07, 6.45) is 1.49. The fourth-order valence-electron chi connectivity index (χ4n) is 1.84. The molecule has 0 spiro atoms. The summed E-state index contributed by atoms with van der Waals surface area (Å²) in [5, 5.41) is 1.62. The Hall–Kier alpha value is -1.77. The molecule has 1 N–H and O–H groups in total. The Bertz CT molecular complexity index is 642. The number of hydrogen-bond donors (Lipinski definition) is 1. The largest absolute Gasteiger partial charge is 0.458 e. The molecule has 0 fully saturated rings. The van der Waals surface area contributed by atoms with Gasteiger partial charge in [0.1, 0.15) is 6.61 Å². The Morgan fingerprint density at radius 2 is 2.10 bits per heavy atom. The monoisotopic (exact) mass is 292 g/mol. The lowest BCUT2D eigenvalue weighted by Gasteiger charge is -2.08. The second-order valence-corrected chi connectivity index (χ2v) is 4.97. The molecule has 0 bridgehead atoms. The number of carbonyl (C=O) groups excluding carboxylic acids is 1. The second-order valence-electron chi connectivity index (χ2n) is 4.20. The van der Waals surface area contributed by atoms with Gasteiger partial charge in [-0.25, -0.2) is 9.18 Å². The molecular weight excluding hydrogens is 278 g/mol. The van der Waals surface area contributed by atoms with Crippen LogP contribution in [0.4, 0.5) is 4.39 Å². The second kappa shape index (κ2) is 6.60. The van der Waals surface area contributed by atoms with E-state index in [1.165, 1.54) is 6.08 Å². The number of benzene rings is 2. The van der Waals surface area contributed by atoms with Gasteiger partial charge in [0, 0.05) is 0 Å². The van der Waals surface area contributed by atoms with Gasteiger partial charge in [0.15, 0.2) is 5.91 Å². The Labute approximate surface area is 117 Å². The summed E-state index contributed by atoms with van der Waals surface area (Å²) in [6, 6.07) is 10.1. The molecule has 2 aromatic rings. The number of halogens is 1. The van der Waals surface area contributed by atoms with E-state index < -0.39 is 20.7 Å². The minimum absolute atomic E-state index is 0.148. The molecule has 104 valence electrons. The SMILES string of the molecule is C=CCOC(=O)c1ccc2ccc(C(F)PO)cc2c1. The van der Waals surface area contributed by atoms with Gasteiger partial charge >= 0.3 is 5.97 Å². The maximum atomic E-state index is 13.5. The molecule has 0 aliphatic carbocycles. The van der Waals surface area contributed by atoms with Crippen molar-refractivity contribution in [2.45, 2.75) is 5.91 Å². The first-order chi connectivity index (χ1) is 9.65. The maximum Gasteiger partial charge on any atom is 0.338 e. The fourth-order valence-corrected chi connectivity index (χ4v) is 2.17. The van der Waals surface area contributed by atoms with E-state index in [-0.39, 0.29) is 6.61 Å². The van der Waals surface area contributed by atoms with Gasteiger partial charge in [-0.1, -0.05) is 30.9 Å². The Morgan fingerprint density at radius 1 is 1.35 bits per heavy atom. The lowest BCUT2D eigenvalue weighted by molar-refractivity contribution is 0.0550. The van der Waals surface area contributed by atoms with Crippen LogP contribution in [0, 0.1) is 0 Å². The van der Waals surface area contributed by atoms with E-state index in [2.05, 4.69) is 6.58 Å². The quantitative estimate of drug-likeness (QED) is 0.519. The molecule has 0 saturated carbocycles. The van der Waals surface area contributed by atoms with E-state index >= 15 is 0 Å². The van der Waals surface area contributed by atoms with Crippen LogP contribution in [-0.2, 0) is 4.74 Å². The molecule has 2 aromatic carbocycles. The van der Waals surface area contributed by atoms with Crippen LogP contribution in [0.2, 0.25) is 0 Å². The molecule has 0 radical (unpaired) electrons. The zero-order valence-electron chi connectivity index (χ0n) is 10.7. The number of ether oxygens (including phenoxy) is 1. The number of hydrogen-bond acceptors (Lipinski definition) is 3. The van der Waals surface area contributed by atoms with Crippen molar-refractivity contribution >= 4 is 25.5 Å². The highest BCUT2D eigenvalue weighted by Gasteiger charge is 2.11. The van der Waals surface area contributed by atoms with Crippen molar-refractivity contribution in [2.24, 2.45) is 0 Å². The predicted octanol–water partition coefficient (Wildman–Crippen LogP) is 3.74. The fraction of sp³-hybridized carbons (Fsp3) is 0.133. The van der Waals surface area contributed by atoms with Crippen LogP contribution in [0.5, 0.6) is 0 Å². The van der Waals surface area contributed by atoms with Gasteiger partial charge in [-0.05, 0) is 34.5 Å². The van der Waals surface area contributed by atoms with Crippen LogP contribution in [0.3, 0.4) is 0 Å². The van der Waals surface area contributed by atoms with Gasteiger partial charge in [0.25, 0.3) is 0 Å². The number of rotatable bonds is 5. The third kappa shape index (κ3) is 3.21. The highest BCUT2D eigenvalue weighted by molar-refractivity contribution is 7.31. The summed E-state index contributed by atoms with van der Waals surface area (Å²) in [4.78, 5) is 20.6. The molecule has 0 aliphatic rings. The van der Waals surface area contributed by atoms with Crippen molar-refractivity contribution in [2.75, 3.05) is 6.61 Å². The lowest BCUT2D eigenvalue weighted by atomic mass is 10.0. The number of carbonyl (C=O) groups is 1. The normalized spacial score (nSPS) is 12.7. The van der Waals surface area contributed by atoms with Crippen LogP contribution in [0.15, 0.2) is 49.1 Å². The van der Waals surface area contributed by atoms with Crippen molar-refractivity contribution in [3.05, 3.63) is 60.2 Å². The first-order valence-electron chi connectivity index (χ1n) is 6.01. The Kier molecular flexibility index (Phi) is 4.83. The number of esters is 1. The molecule has 0 saturated heterocycles. The lowest BCUT2D eigenvalue weighted by Crippen LogP contribution is -2.04. The molecule has 0 aliphatic heterocycles. The van der Waals surface area contributed by atoms with E-state index in [1.807, 2.05) is 0 Å². The zero-order chi connectivity index (χ0) is 14.5. The van der Waals surface area contributed by atoms with Gasteiger partial charge in [-0.3, -0.25) is 0 Å². The van der Waals surface area contributed by atoms with Gasteiger partial charge in [0.2, 0.25) is 0 Å². The third-order valence-corrected chi connectivity index (χ3v) is 3.40. The van der Waals surface area contributed by atoms with Gasteiger partial charge < -0.3 is 9.63 Å². The van der Waals surface area contributed by atoms with Crippen molar-refractivity contribution in [3.63, 3.8) is 0 Å². The van der Waals surface area contributed by atoms with E-state index in [0.29, 0.717) is 11.1 Å². The minimum atomic E-state index is -1.39. The Morgan fingerprint density at radius 3 is 2.80 bits per heavy atom. The van der Waals surface area contributed by atoms with Gasteiger partial charge in [0.05, 0.1) is 14.4 Å². The summed E-state index contributed by atoms with van der Waals surface area (Å²) in [5.41, 5.74) is 0.799. The van der Waals surface area contributed by atoms with Crippen molar-refractivity contribution in [1.29, 1.82) is 0 Å². The zero-order valence-corrected chi connectivity index (χ0v) is 11.7. The minimum Gasteiger partial charge on any atom is -0.458 e. The molecule has 2 unspecified atom stereocenters. The van der Waals surface area contributed by atoms with Crippen molar-refractivity contribution in [1.82, 2.24) is 0 Å². The number of alkyl halides is 1. The van der Waals surface area contributed by atoms with Gasteiger partial charge in [-0.15, -0.1) is 0 Å². The summed E-state index contributed by atoms with van der Waals surface area (Å²) < 4.78 is 18.4. The molecule has 3 nitrogen and oxygen atoms in total. The van der Waals surface area contributed by atoms with Crippen LogP contribution in [0.1, 0.15) is 21.8 Å². The average molecular weight is 292 g/mol. The van der Waals surface area contributed by atoms with Gasteiger partial charge in [-0.2, -0.15) is 0 Å². The standard InChI is InChI=1S/C15H14FO3P/c1-2-7-19-15(17)12-6-4-10-3-5-11(14(16)20-18)8-13(10)9-12/h2-6,8-9,14,18,20H,1,7H2. The smallest absolute Gasteiger partial charge is 0.338 e. The first-order valence-corrected chi connectivity index (χ1v) is 7.03. The number of fused-ring (bicyclic) bond motifs is 1. The Balaban J connectivity index is 2.36. The van der Waals surface area contributed by atoms with E-state index in [9.17, 15) is 9.18 Å². The highest BCUT2D eigenvalue weighted by atomic mass is 31.1. The van der Waals surface area contributed by atoms with Crippen LogP contribution in [-0.4, -0.2) is 17.5 Å². The molecule has 2 rings (SSSR count). The molecule has 2 atom stereocenters. The van der Waals surface area contributed by atoms with E-state index in [1.54, 1.807) is 36.4 Å². The summed E-state index contributed by atoms with van der Waals surface area (Å²) in [5.74, 6) is -1.84. The molecule has 20 heavy (non-hydrogen) atoms.